The highest BCUT2D eigenvalue weighted by molar-refractivity contribution is 7.77. The summed E-state index contributed by atoms with van der Waals surface area (Å²) in [5, 5.41) is 3.09. The molecule has 0 atom stereocenters. The quantitative estimate of drug-likeness (QED) is 0.717. The molecule has 1 aliphatic heterocycles. The Hall–Kier alpha value is -0.220. The van der Waals surface area contributed by atoms with Gasteiger partial charge in [0.25, 0.3) is 0 Å². The molecule has 2 fully saturated rings. The highest BCUT2D eigenvalue weighted by atomic mass is 32.1. The van der Waals surface area contributed by atoms with Gasteiger partial charge >= 0.3 is 0 Å². The minimum Gasteiger partial charge on any atom is -0.355 e. The smallest absolute Gasteiger partial charge is 0.226 e. The van der Waals surface area contributed by atoms with E-state index in [-0.39, 0.29) is 11.3 Å². The highest BCUT2D eigenvalue weighted by Gasteiger charge is 2.36. The van der Waals surface area contributed by atoms with Gasteiger partial charge in [0.15, 0.2) is 0 Å². The summed E-state index contributed by atoms with van der Waals surface area (Å²) >= 11 is 4.30. The van der Waals surface area contributed by atoms with Gasteiger partial charge in [-0.05, 0) is 31.6 Å². The fourth-order valence-corrected chi connectivity index (χ4v) is 2.19. The third kappa shape index (κ3) is 2.88. The van der Waals surface area contributed by atoms with Crippen LogP contribution in [0.3, 0.4) is 0 Å². The molecule has 0 aromatic rings. The van der Waals surface area contributed by atoms with Crippen LogP contribution >= 0.6 is 12.8 Å². The van der Waals surface area contributed by atoms with Crippen molar-refractivity contribution >= 4 is 18.7 Å². The second-order valence-electron chi connectivity index (χ2n) is 5.17. The minimum absolute atomic E-state index is 0.159. The molecular formula is C11H20N2OS. The normalized spacial score (nSPS) is 26.3. The number of hydrogen-bond acceptors (Lipinski definition) is 3. The van der Waals surface area contributed by atoms with Crippen molar-refractivity contribution in [2.24, 2.45) is 11.3 Å². The lowest BCUT2D eigenvalue weighted by molar-refractivity contribution is -0.132. The molecule has 1 heterocycles. The predicted molar refractivity (Wildman–Crippen MR) is 63.6 cm³/mol. The molecule has 0 aromatic carbocycles. The van der Waals surface area contributed by atoms with Gasteiger partial charge in [0.2, 0.25) is 5.91 Å². The van der Waals surface area contributed by atoms with Gasteiger partial charge in [-0.2, -0.15) is 0 Å². The molecule has 0 unspecified atom stereocenters. The van der Waals surface area contributed by atoms with E-state index in [4.69, 9.17) is 0 Å². The molecule has 1 saturated carbocycles. The number of rotatable bonds is 3. The average molecular weight is 228 g/mol. The predicted octanol–water partition coefficient (Wildman–Crippen LogP) is 1.46. The molecule has 1 saturated heterocycles. The second-order valence-corrected chi connectivity index (χ2v) is 5.73. The van der Waals surface area contributed by atoms with Crippen LogP contribution in [0.4, 0.5) is 0 Å². The Labute approximate surface area is 97.1 Å². The first-order valence-corrected chi connectivity index (χ1v) is 6.22. The van der Waals surface area contributed by atoms with E-state index in [9.17, 15) is 4.79 Å². The van der Waals surface area contributed by atoms with Crippen molar-refractivity contribution in [3.8, 4) is 0 Å². The van der Waals surface area contributed by atoms with Crippen molar-refractivity contribution in [1.29, 1.82) is 0 Å². The molecule has 15 heavy (non-hydrogen) atoms. The van der Waals surface area contributed by atoms with Crippen LogP contribution in [-0.4, -0.2) is 29.8 Å². The van der Waals surface area contributed by atoms with E-state index in [2.05, 4.69) is 25.1 Å². The number of thiol groups is 1. The third-order valence-electron chi connectivity index (χ3n) is 3.64. The number of piperidine rings is 1. The fourth-order valence-electron chi connectivity index (χ4n) is 1.99. The Morgan fingerprint density at radius 3 is 2.60 bits per heavy atom. The Bertz CT molecular complexity index is 245. The maximum atomic E-state index is 12.0. The number of nitrogens with zero attached hydrogens (tertiary/aromatic N) is 1. The van der Waals surface area contributed by atoms with Crippen molar-refractivity contribution in [2.45, 2.75) is 32.6 Å². The van der Waals surface area contributed by atoms with E-state index in [0.717, 1.165) is 38.4 Å². The molecule has 1 aliphatic carbocycles. The SMILES string of the molecule is CC1(C(=O)NCC2CC2)CCN(S)CC1. The van der Waals surface area contributed by atoms with Gasteiger partial charge in [0.1, 0.15) is 0 Å². The number of carbonyl (C=O) groups is 1. The fraction of sp³-hybridized carbons (Fsp3) is 0.909. The third-order valence-corrected chi connectivity index (χ3v) is 4.04. The molecule has 1 N–H and O–H groups in total. The molecule has 0 bridgehead atoms. The molecule has 2 aliphatic rings. The average Bonchev–Trinajstić information content (AvgIpc) is 3.03. The topological polar surface area (TPSA) is 32.3 Å². The molecule has 2 rings (SSSR count). The Morgan fingerprint density at radius 1 is 1.47 bits per heavy atom. The van der Waals surface area contributed by atoms with Crippen molar-refractivity contribution < 1.29 is 4.79 Å². The van der Waals surface area contributed by atoms with Gasteiger partial charge < -0.3 is 5.32 Å². The first-order chi connectivity index (χ1) is 7.10. The van der Waals surface area contributed by atoms with Crippen LogP contribution in [-0.2, 0) is 4.79 Å². The lowest BCUT2D eigenvalue weighted by atomic mass is 9.80. The van der Waals surface area contributed by atoms with Gasteiger partial charge in [-0.15, -0.1) is 0 Å². The maximum absolute atomic E-state index is 12.0. The van der Waals surface area contributed by atoms with Crippen LogP contribution in [0.5, 0.6) is 0 Å². The van der Waals surface area contributed by atoms with Gasteiger partial charge in [0.05, 0.1) is 0 Å². The van der Waals surface area contributed by atoms with Crippen molar-refractivity contribution in [1.82, 2.24) is 9.62 Å². The monoisotopic (exact) mass is 228 g/mol. The first kappa shape index (κ1) is 11.3. The number of carbonyl (C=O) groups excluding carboxylic acids is 1. The lowest BCUT2D eigenvalue weighted by Gasteiger charge is -2.35. The van der Waals surface area contributed by atoms with Crippen molar-refractivity contribution in [3.63, 3.8) is 0 Å². The van der Waals surface area contributed by atoms with E-state index in [0.29, 0.717) is 0 Å². The Balaban J connectivity index is 1.81. The highest BCUT2D eigenvalue weighted by Crippen LogP contribution is 2.32. The zero-order valence-electron chi connectivity index (χ0n) is 9.33. The van der Waals surface area contributed by atoms with Gasteiger partial charge in [0, 0.05) is 25.0 Å². The number of nitrogens with one attached hydrogen (secondary N) is 1. The molecule has 0 radical (unpaired) electrons. The van der Waals surface area contributed by atoms with Gasteiger partial charge in [-0.25, -0.2) is 0 Å². The van der Waals surface area contributed by atoms with Crippen LogP contribution in [0.1, 0.15) is 32.6 Å². The summed E-state index contributed by atoms with van der Waals surface area (Å²) in [6.07, 6.45) is 4.43. The molecule has 3 nitrogen and oxygen atoms in total. The standard InChI is InChI=1S/C11H20N2OS/c1-11(4-6-13(15)7-5-11)10(14)12-8-9-2-3-9/h9,15H,2-8H2,1H3,(H,12,14). The van der Waals surface area contributed by atoms with Crippen LogP contribution in [0.25, 0.3) is 0 Å². The lowest BCUT2D eigenvalue weighted by Crippen LogP contribution is -2.45. The summed E-state index contributed by atoms with van der Waals surface area (Å²) in [5.74, 6) is 1.01. The van der Waals surface area contributed by atoms with E-state index >= 15 is 0 Å². The maximum Gasteiger partial charge on any atom is 0.226 e. The van der Waals surface area contributed by atoms with E-state index in [1.165, 1.54) is 12.8 Å². The zero-order chi connectivity index (χ0) is 10.9. The van der Waals surface area contributed by atoms with E-state index < -0.39 is 0 Å². The van der Waals surface area contributed by atoms with Crippen molar-refractivity contribution in [3.05, 3.63) is 0 Å². The first-order valence-electron chi connectivity index (χ1n) is 5.82. The van der Waals surface area contributed by atoms with Gasteiger partial charge in [-0.1, -0.05) is 19.7 Å². The van der Waals surface area contributed by atoms with Crippen LogP contribution in [0.15, 0.2) is 0 Å². The number of amides is 1. The summed E-state index contributed by atoms with van der Waals surface area (Å²) in [4.78, 5) is 12.0. The summed E-state index contributed by atoms with van der Waals surface area (Å²) in [5.41, 5.74) is -0.159. The molecule has 0 aromatic heterocycles. The van der Waals surface area contributed by atoms with Crippen LogP contribution < -0.4 is 5.32 Å². The van der Waals surface area contributed by atoms with E-state index in [1.54, 1.807) is 0 Å². The van der Waals surface area contributed by atoms with Crippen LogP contribution in [0.2, 0.25) is 0 Å². The summed E-state index contributed by atoms with van der Waals surface area (Å²) in [6, 6.07) is 0. The molecule has 0 spiro atoms. The van der Waals surface area contributed by atoms with E-state index in [1.807, 2.05) is 4.31 Å². The van der Waals surface area contributed by atoms with Gasteiger partial charge in [-0.3, -0.25) is 9.10 Å². The second kappa shape index (κ2) is 4.34. The minimum atomic E-state index is -0.159. The Morgan fingerprint density at radius 2 is 2.07 bits per heavy atom. The molecule has 4 heteroatoms. The molecule has 86 valence electrons. The Kier molecular flexibility index (Phi) is 3.26. The summed E-state index contributed by atoms with van der Waals surface area (Å²) < 4.78 is 2.00. The molecule has 1 amide bonds. The zero-order valence-corrected chi connectivity index (χ0v) is 10.2. The summed E-state index contributed by atoms with van der Waals surface area (Å²) in [6.45, 7) is 4.79. The molecular weight excluding hydrogens is 208 g/mol. The van der Waals surface area contributed by atoms with Crippen molar-refractivity contribution in [2.75, 3.05) is 19.6 Å². The largest absolute Gasteiger partial charge is 0.355 e. The summed E-state index contributed by atoms with van der Waals surface area (Å²) in [7, 11) is 0. The van der Waals surface area contributed by atoms with Crippen LogP contribution in [0, 0.1) is 11.3 Å². The number of hydrogen-bond donors (Lipinski definition) is 2.